The molecule has 80 valence electrons. The van der Waals surface area contributed by atoms with Crippen molar-refractivity contribution in [1.82, 2.24) is 10.5 Å². The predicted octanol–water partition coefficient (Wildman–Crippen LogP) is 2.17. The minimum absolute atomic E-state index is 0.692. The van der Waals surface area contributed by atoms with Gasteiger partial charge in [0.1, 0.15) is 11.5 Å². The summed E-state index contributed by atoms with van der Waals surface area (Å²) in [4.78, 5) is 0. The second kappa shape index (κ2) is 4.31. The second-order valence-corrected chi connectivity index (χ2v) is 3.56. The van der Waals surface area contributed by atoms with E-state index in [1.807, 2.05) is 26.0 Å². The number of furan rings is 1. The second-order valence-electron chi connectivity index (χ2n) is 3.56. The molecule has 2 aromatic heterocycles. The van der Waals surface area contributed by atoms with Crippen LogP contribution >= 0.6 is 0 Å². The lowest BCUT2D eigenvalue weighted by Crippen LogP contribution is -2.12. The van der Waals surface area contributed by atoms with Crippen LogP contribution in [-0.2, 0) is 13.1 Å². The van der Waals surface area contributed by atoms with E-state index >= 15 is 0 Å². The van der Waals surface area contributed by atoms with Crippen molar-refractivity contribution in [2.45, 2.75) is 26.9 Å². The molecular formula is C11H14N2O2. The first-order valence-corrected chi connectivity index (χ1v) is 4.91. The summed E-state index contributed by atoms with van der Waals surface area (Å²) in [5.74, 6) is 1.80. The molecule has 0 saturated carbocycles. The largest absolute Gasteiger partial charge is 0.468 e. The third kappa shape index (κ3) is 2.47. The fourth-order valence-electron chi connectivity index (χ4n) is 1.39. The molecule has 2 rings (SSSR count). The standard InChI is InChI=1S/C11H14N2O2/c1-8-3-4-14-11(8)7-12-6-10-5-9(2)15-13-10/h3-5,12H,6-7H2,1-2H3. The molecule has 0 spiro atoms. The van der Waals surface area contributed by atoms with Crippen LogP contribution in [0, 0.1) is 13.8 Å². The maximum absolute atomic E-state index is 5.30. The van der Waals surface area contributed by atoms with Crippen LogP contribution in [0.3, 0.4) is 0 Å². The van der Waals surface area contributed by atoms with Gasteiger partial charge in [0.25, 0.3) is 0 Å². The maximum Gasteiger partial charge on any atom is 0.133 e. The predicted molar refractivity (Wildman–Crippen MR) is 55.2 cm³/mol. The number of nitrogens with one attached hydrogen (secondary N) is 1. The zero-order chi connectivity index (χ0) is 10.7. The van der Waals surface area contributed by atoms with E-state index in [2.05, 4.69) is 10.5 Å². The molecule has 0 amide bonds. The van der Waals surface area contributed by atoms with Crippen molar-refractivity contribution >= 4 is 0 Å². The number of hydrogen-bond acceptors (Lipinski definition) is 4. The quantitative estimate of drug-likeness (QED) is 0.833. The first-order valence-electron chi connectivity index (χ1n) is 4.91. The van der Waals surface area contributed by atoms with Gasteiger partial charge in [-0.15, -0.1) is 0 Å². The van der Waals surface area contributed by atoms with Gasteiger partial charge in [-0.2, -0.15) is 0 Å². The van der Waals surface area contributed by atoms with Crippen LogP contribution in [0.5, 0.6) is 0 Å². The number of aryl methyl sites for hydroxylation is 2. The molecule has 0 aromatic carbocycles. The molecule has 0 atom stereocenters. The topological polar surface area (TPSA) is 51.2 Å². The van der Waals surface area contributed by atoms with Crippen LogP contribution in [0.4, 0.5) is 0 Å². The molecule has 0 aliphatic heterocycles. The van der Waals surface area contributed by atoms with E-state index in [1.54, 1.807) is 6.26 Å². The van der Waals surface area contributed by atoms with Gasteiger partial charge in [0.05, 0.1) is 18.5 Å². The monoisotopic (exact) mass is 206 g/mol. The van der Waals surface area contributed by atoms with Crippen LogP contribution in [0.2, 0.25) is 0 Å². The zero-order valence-electron chi connectivity index (χ0n) is 8.91. The van der Waals surface area contributed by atoms with Gasteiger partial charge in [-0.1, -0.05) is 5.16 Å². The number of nitrogens with zero attached hydrogens (tertiary/aromatic N) is 1. The molecule has 0 bridgehead atoms. The van der Waals surface area contributed by atoms with E-state index in [-0.39, 0.29) is 0 Å². The van der Waals surface area contributed by atoms with Gasteiger partial charge in [0.2, 0.25) is 0 Å². The molecule has 2 heterocycles. The van der Waals surface area contributed by atoms with E-state index in [0.717, 1.165) is 17.2 Å². The van der Waals surface area contributed by atoms with E-state index in [1.165, 1.54) is 5.56 Å². The summed E-state index contributed by atoms with van der Waals surface area (Å²) < 4.78 is 10.3. The highest BCUT2D eigenvalue weighted by Gasteiger charge is 2.03. The van der Waals surface area contributed by atoms with Crippen LogP contribution in [0.25, 0.3) is 0 Å². The third-order valence-electron chi connectivity index (χ3n) is 2.24. The van der Waals surface area contributed by atoms with Gasteiger partial charge in [0.15, 0.2) is 0 Å². The van der Waals surface area contributed by atoms with Crippen LogP contribution in [0.15, 0.2) is 27.3 Å². The van der Waals surface area contributed by atoms with Gasteiger partial charge >= 0.3 is 0 Å². The van der Waals surface area contributed by atoms with Gasteiger partial charge in [-0.25, -0.2) is 0 Å². The fraction of sp³-hybridized carbons (Fsp3) is 0.364. The molecule has 4 heteroatoms. The Morgan fingerprint density at radius 3 is 2.80 bits per heavy atom. The molecule has 2 aromatic rings. The smallest absolute Gasteiger partial charge is 0.133 e. The van der Waals surface area contributed by atoms with Crippen molar-refractivity contribution in [3.8, 4) is 0 Å². The Labute approximate surface area is 88.3 Å². The van der Waals surface area contributed by atoms with Crippen LogP contribution in [0.1, 0.15) is 22.8 Å². The minimum atomic E-state index is 0.692. The highest BCUT2D eigenvalue weighted by atomic mass is 16.5. The summed E-state index contributed by atoms with van der Waals surface area (Å²) in [6, 6.07) is 3.87. The average molecular weight is 206 g/mol. The van der Waals surface area contributed by atoms with Crippen LogP contribution < -0.4 is 5.32 Å². The highest BCUT2D eigenvalue weighted by molar-refractivity contribution is 5.14. The molecule has 1 N–H and O–H groups in total. The number of aromatic nitrogens is 1. The first kappa shape index (κ1) is 9.98. The highest BCUT2D eigenvalue weighted by Crippen LogP contribution is 2.08. The Hall–Kier alpha value is -1.55. The Morgan fingerprint density at radius 2 is 2.20 bits per heavy atom. The van der Waals surface area contributed by atoms with Crippen molar-refractivity contribution in [3.05, 3.63) is 41.2 Å². The molecule has 0 fully saturated rings. The normalized spacial score (nSPS) is 10.8. The Balaban J connectivity index is 1.83. The number of rotatable bonds is 4. The molecule has 15 heavy (non-hydrogen) atoms. The average Bonchev–Trinajstić information content (AvgIpc) is 2.77. The number of hydrogen-bond donors (Lipinski definition) is 1. The SMILES string of the molecule is Cc1cc(CNCc2occc2C)no1. The molecule has 0 radical (unpaired) electrons. The molecule has 0 aliphatic rings. The summed E-state index contributed by atoms with van der Waals surface area (Å²) in [7, 11) is 0. The lowest BCUT2D eigenvalue weighted by Gasteiger charge is -1.99. The molecule has 0 aliphatic carbocycles. The Bertz CT molecular complexity index is 431. The van der Waals surface area contributed by atoms with Crippen molar-refractivity contribution < 1.29 is 8.94 Å². The van der Waals surface area contributed by atoms with Gasteiger partial charge in [-0.05, 0) is 25.5 Å². The summed E-state index contributed by atoms with van der Waals surface area (Å²) in [5, 5.41) is 7.13. The lowest BCUT2D eigenvalue weighted by molar-refractivity contribution is 0.386. The van der Waals surface area contributed by atoms with E-state index in [9.17, 15) is 0 Å². The van der Waals surface area contributed by atoms with Crippen molar-refractivity contribution in [2.75, 3.05) is 0 Å². The van der Waals surface area contributed by atoms with Crippen LogP contribution in [-0.4, -0.2) is 5.16 Å². The summed E-state index contributed by atoms with van der Waals surface area (Å²) >= 11 is 0. The molecule has 4 nitrogen and oxygen atoms in total. The fourth-order valence-corrected chi connectivity index (χ4v) is 1.39. The van der Waals surface area contributed by atoms with Gasteiger partial charge in [0, 0.05) is 12.6 Å². The molecular weight excluding hydrogens is 192 g/mol. The zero-order valence-corrected chi connectivity index (χ0v) is 8.91. The van der Waals surface area contributed by atoms with Crippen molar-refractivity contribution in [3.63, 3.8) is 0 Å². The Morgan fingerprint density at radius 1 is 1.33 bits per heavy atom. The van der Waals surface area contributed by atoms with E-state index in [4.69, 9.17) is 8.94 Å². The van der Waals surface area contributed by atoms with E-state index < -0.39 is 0 Å². The van der Waals surface area contributed by atoms with E-state index in [0.29, 0.717) is 13.1 Å². The van der Waals surface area contributed by atoms with Gasteiger partial charge < -0.3 is 14.3 Å². The summed E-state index contributed by atoms with van der Waals surface area (Å²) in [6.45, 7) is 5.32. The third-order valence-corrected chi connectivity index (χ3v) is 2.24. The molecule has 0 saturated heterocycles. The summed E-state index contributed by atoms with van der Waals surface area (Å²) in [5.41, 5.74) is 2.08. The van der Waals surface area contributed by atoms with Crippen molar-refractivity contribution in [2.24, 2.45) is 0 Å². The minimum Gasteiger partial charge on any atom is -0.468 e. The van der Waals surface area contributed by atoms with Gasteiger partial charge in [-0.3, -0.25) is 0 Å². The lowest BCUT2D eigenvalue weighted by atomic mass is 10.3. The first-order chi connectivity index (χ1) is 7.25. The Kier molecular flexibility index (Phi) is 2.87. The molecule has 0 unspecified atom stereocenters. The summed E-state index contributed by atoms with van der Waals surface area (Å²) in [6.07, 6.45) is 1.70. The maximum atomic E-state index is 5.30. The van der Waals surface area contributed by atoms with Crippen molar-refractivity contribution in [1.29, 1.82) is 0 Å².